The number of hydrogen-bond donors (Lipinski definition) is 0. The van der Waals surface area contributed by atoms with E-state index in [1.807, 2.05) is 36.1 Å². The molecule has 174 valence electrons. The summed E-state index contributed by atoms with van der Waals surface area (Å²) in [5.74, 6) is 1.79. The molecule has 0 N–H and O–H groups in total. The van der Waals surface area contributed by atoms with Crippen molar-refractivity contribution >= 4 is 22.9 Å². The third-order valence-electron chi connectivity index (χ3n) is 6.00. The summed E-state index contributed by atoms with van der Waals surface area (Å²) in [4.78, 5) is 26.0. The summed E-state index contributed by atoms with van der Waals surface area (Å²) in [6, 6.07) is 13.3. The van der Waals surface area contributed by atoms with Gasteiger partial charge in [0.1, 0.15) is 17.8 Å². The molecule has 3 heterocycles. The molecular formula is C24H25N7O3. The lowest BCUT2D eigenvalue weighted by atomic mass is 10.1. The van der Waals surface area contributed by atoms with E-state index in [4.69, 9.17) is 9.47 Å². The third kappa shape index (κ3) is 3.87. The highest BCUT2D eigenvalue weighted by Crippen LogP contribution is 2.27. The Balaban J connectivity index is 1.35. The first-order chi connectivity index (χ1) is 16.6. The van der Waals surface area contributed by atoms with Gasteiger partial charge in [0.25, 0.3) is 5.91 Å². The second-order valence-corrected chi connectivity index (χ2v) is 8.05. The molecule has 0 aliphatic carbocycles. The predicted octanol–water partition coefficient (Wildman–Crippen LogP) is 2.50. The van der Waals surface area contributed by atoms with Crippen molar-refractivity contribution in [3.05, 3.63) is 59.9 Å². The SMILES string of the molecule is COc1ccc(C(=O)N2CCN(c3ncnc4c3nnn4-c3ccc(C)cc3)CC2)c(OC)c1. The monoisotopic (exact) mass is 459 g/mol. The van der Waals surface area contributed by atoms with Crippen LogP contribution in [0.5, 0.6) is 11.5 Å². The van der Waals surface area contributed by atoms with Crippen LogP contribution in [0.15, 0.2) is 48.8 Å². The van der Waals surface area contributed by atoms with Crippen molar-refractivity contribution in [2.24, 2.45) is 0 Å². The van der Waals surface area contributed by atoms with Crippen LogP contribution >= 0.6 is 0 Å². The Kier molecular flexibility index (Phi) is 5.70. The smallest absolute Gasteiger partial charge is 0.257 e. The highest BCUT2D eigenvalue weighted by Gasteiger charge is 2.27. The minimum atomic E-state index is -0.0719. The molecule has 2 aromatic heterocycles. The Morgan fingerprint density at radius 3 is 2.41 bits per heavy atom. The number of fused-ring (bicyclic) bond motifs is 1. The zero-order valence-corrected chi connectivity index (χ0v) is 19.3. The second-order valence-electron chi connectivity index (χ2n) is 8.05. The summed E-state index contributed by atoms with van der Waals surface area (Å²) in [5, 5.41) is 8.69. The maximum absolute atomic E-state index is 13.2. The quantitative estimate of drug-likeness (QED) is 0.449. The lowest BCUT2D eigenvalue weighted by molar-refractivity contribution is 0.0743. The second kappa shape index (κ2) is 8.97. The molecule has 1 aliphatic rings. The molecule has 4 aromatic rings. The van der Waals surface area contributed by atoms with E-state index < -0.39 is 0 Å². The number of aromatic nitrogens is 5. The van der Waals surface area contributed by atoms with Gasteiger partial charge >= 0.3 is 0 Å². The topological polar surface area (TPSA) is 98.5 Å². The summed E-state index contributed by atoms with van der Waals surface area (Å²) in [7, 11) is 3.13. The summed E-state index contributed by atoms with van der Waals surface area (Å²) in [6.07, 6.45) is 1.53. The highest BCUT2D eigenvalue weighted by atomic mass is 16.5. The zero-order valence-electron chi connectivity index (χ0n) is 19.3. The molecule has 0 atom stereocenters. The fourth-order valence-electron chi connectivity index (χ4n) is 4.09. The summed E-state index contributed by atoms with van der Waals surface area (Å²) >= 11 is 0. The van der Waals surface area contributed by atoms with Crippen molar-refractivity contribution in [3.8, 4) is 17.2 Å². The standard InChI is InChI=1S/C24H25N7O3/c1-16-4-6-17(7-5-16)31-23-21(27-28-31)22(25-15-26-23)29-10-12-30(13-11-29)24(32)19-9-8-18(33-2)14-20(19)34-3/h4-9,14-15H,10-13H2,1-3H3. The molecule has 1 aliphatic heterocycles. The molecule has 34 heavy (non-hydrogen) atoms. The molecule has 1 saturated heterocycles. The van der Waals surface area contributed by atoms with Gasteiger partial charge in [0.15, 0.2) is 17.0 Å². The number of amides is 1. The van der Waals surface area contributed by atoms with Crippen molar-refractivity contribution in [2.75, 3.05) is 45.3 Å². The van der Waals surface area contributed by atoms with E-state index in [9.17, 15) is 4.79 Å². The van der Waals surface area contributed by atoms with E-state index in [0.717, 1.165) is 11.5 Å². The first-order valence-electron chi connectivity index (χ1n) is 11.0. The van der Waals surface area contributed by atoms with Gasteiger partial charge in [-0.05, 0) is 31.2 Å². The van der Waals surface area contributed by atoms with Crippen LogP contribution in [0.25, 0.3) is 16.9 Å². The molecule has 0 saturated carbocycles. The van der Waals surface area contributed by atoms with Crippen molar-refractivity contribution in [1.29, 1.82) is 0 Å². The van der Waals surface area contributed by atoms with Crippen LogP contribution < -0.4 is 14.4 Å². The number of piperazine rings is 1. The fourth-order valence-corrected chi connectivity index (χ4v) is 4.09. The largest absolute Gasteiger partial charge is 0.497 e. The molecule has 2 aromatic carbocycles. The average Bonchev–Trinajstić information content (AvgIpc) is 3.33. The zero-order chi connectivity index (χ0) is 23.7. The van der Waals surface area contributed by atoms with Crippen LogP contribution in [0.4, 0.5) is 5.82 Å². The maximum Gasteiger partial charge on any atom is 0.257 e. The van der Waals surface area contributed by atoms with Crippen LogP contribution in [0, 0.1) is 6.92 Å². The van der Waals surface area contributed by atoms with E-state index >= 15 is 0 Å². The summed E-state index contributed by atoms with van der Waals surface area (Å²) in [5.41, 5.74) is 3.86. The number of aryl methyl sites for hydroxylation is 1. The number of benzene rings is 2. The number of methoxy groups -OCH3 is 2. The van der Waals surface area contributed by atoms with Crippen molar-refractivity contribution in [1.82, 2.24) is 29.9 Å². The van der Waals surface area contributed by atoms with Crippen molar-refractivity contribution in [2.45, 2.75) is 6.92 Å². The van der Waals surface area contributed by atoms with Gasteiger partial charge in [-0.3, -0.25) is 4.79 Å². The first kappa shape index (κ1) is 21.6. The Hall–Kier alpha value is -4.21. The average molecular weight is 460 g/mol. The molecule has 0 unspecified atom stereocenters. The van der Waals surface area contributed by atoms with Gasteiger partial charge < -0.3 is 19.3 Å². The van der Waals surface area contributed by atoms with Crippen molar-refractivity contribution < 1.29 is 14.3 Å². The number of anilines is 1. The summed E-state index contributed by atoms with van der Waals surface area (Å²) < 4.78 is 12.4. The Bertz CT molecular complexity index is 1330. The summed E-state index contributed by atoms with van der Waals surface area (Å²) in [6.45, 7) is 4.37. The van der Waals surface area contributed by atoms with E-state index in [2.05, 4.69) is 25.2 Å². The number of carbonyl (C=O) groups excluding carboxylic acids is 1. The van der Waals surface area contributed by atoms with Gasteiger partial charge in [0.05, 0.1) is 25.5 Å². The van der Waals surface area contributed by atoms with E-state index in [-0.39, 0.29) is 5.91 Å². The molecular weight excluding hydrogens is 434 g/mol. The molecule has 0 spiro atoms. The van der Waals surface area contributed by atoms with Crippen LogP contribution in [0.1, 0.15) is 15.9 Å². The molecule has 10 nitrogen and oxygen atoms in total. The maximum atomic E-state index is 13.2. The third-order valence-corrected chi connectivity index (χ3v) is 6.00. The molecule has 0 bridgehead atoms. The van der Waals surface area contributed by atoms with Crippen molar-refractivity contribution in [3.63, 3.8) is 0 Å². The molecule has 0 radical (unpaired) electrons. The molecule has 1 amide bonds. The van der Waals surface area contributed by atoms with E-state index in [1.165, 1.54) is 11.9 Å². The minimum absolute atomic E-state index is 0.0719. The molecule has 5 rings (SSSR count). The van der Waals surface area contributed by atoms with Gasteiger partial charge in [-0.25, -0.2) is 9.97 Å². The highest BCUT2D eigenvalue weighted by molar-refractivity contribution is 5.97. The van der Waals surface area contributed by atoms with Gasteiger partial charge in [0, 0.05) is 32.2 Å². The molecule has 1 fully saturated rings. The minimum Gasteiger partial charge on any atom is -0.497 e. The van der Waals surface area contributed by atoms with Crippen LogP contribution in [0.2, 0.25) is 0 Å². The molecule has 10 heteroatoms. The van der Waals surface area contributed by atoms with Gasteiger partial charge in [-0.2, -0.15) is 4.68 Å². The number of hydrogen-bond acceptors (Lipinski definition) is 8. The number of nitrogens with zero attached hydrogens (tertiary/aromatic N) is 7. The Morgan fingerprint density at radius 2 is 1.71 bits per heavy atom. The lowest BCUT2D eigenvalue weighted by Gasteiger charge is -2.35. The van der Waals surface area contributed by atoms with Gasteiger partial charge in [0.2, 0.25) is 0 Å². The van der Waals surface area contributed by atoms with Gasteiger partial charge in [-0.15, -0.1) is 5.10 Å². The van der Waals surface area contributed by atoms with Crippen LogP contribution in [0.3, 0.4) is 0 Å². The van der Waals surface area contributed by atoms with E-state index in [0.29, 0.717) is 54.4 Å². The number of rotatable bonds is 5. The Morgan fingerprint density at radius 1 is 0.941 bits per heavy atom. The fraction of sp³-hybridized carbons (Fsp3) is 0.292. The van der Waals surface area contributed by atoms with E-state index in [1.54, 1.807) is 37.1 Å². The lowest BCUT2D eigenvalue weighted by Crippen LogP contribution is -2.49. The Labute approximate surface area is 196 Å². The number of ether oxygens (including phenoxy) is 2. The first-order valence-corrected chi connectivity index (χ1v) is 11.0. The normalized spacial score (nSPS) is 13.9. The van der Waals surface area contributed by atoms with Crippen LogP contribution in [-0.4, -0.2) is 76.2 Å². The van der Waals surface area contributed by atoms with Crippen LogP contribution in [-0.2, 0) is 0 Å². The number of carbonyl (C=O) groups is 1. The van der Waals surface area contributed by atoms with Gasteiger partial charge in [-0.1, -0.05) is 22.9 Å². The predicted molar refractivity (Wildman–Crippen MR) is 127 cm³/mol.